The molecule has 8 heteroatoms. The van der Waals surface area contributed by atoms with E-state index in [1.165, 1.54) is 11.1 Å². The molecule has 6 nitrogen and oxygen atoms in total. The molecule has 1 spiro atoms. The average molecular weight is 596 g/mol. The van der Waals surface area contributed by atoms with Crippen LogP contribution in [0.2, 0.25) is 5.02 Å². The lowest BCUT2D eigenvalue weighted by molar-refractivity contribution is 0.0460. The van der Waals surface area contributed by atoms with E-state index in [-0.39, 0.29) is 17.3 Å². The summed E-state index contributed by atoms with van der Waals surface area (Å²) in [7, 11) is -1.61. The number of nitrogens with zero attached hydrogens (tertiary/aromatic N) is 2. The summed E-state index contributed by atoms with van der Waals surface area (Å²) in [5.74, 6) is 1.14. The molecule has 0 saturated heterocycles. The molecule has 5 unspecified atom stereocenters. The number of anilines is 1. The third-order valence-corrected chi connectivity index (χ3v) is 10.5. The predicted molar refractivity (Wildman–Crippen MR) is 166 cm³/mol. The minimum Gasteiger partial charge on any atom is -0.490 e. The molecule has 5 atom stereocenters. The maximum atomic E-state index is 13.1. The number of rotatable bonds is 9. The Bertz CT molecular complexity index is 1400. The summed E-state index contributed by atoms with van der Waals surface area (Å²) in [5.41, 5.74) is 3.55. The number of carbonyl (C=O) groups excluding carboxylic acids is 1. The van der Waals surface area contributed by atoms with Crippen LogP contribution in [-0.2, 0) is 26.6 Å². The van der Waals surface area contributed by atoms with E-state index in [1.807, 2.05) is 25.1 Å². The molecule has 0 aromatic heterocycles. The smallest absolute Gasteiger partial charge is 0.254 e. The fraction of sp³-hybridized carbons (Fsp3) is 0.485. The molecule has 1 N–H and O–H groups in total. The number of ether oxygens (including phenoxy) is 1. The third-order valence-electron chi connectivity index (χ3n) is 9.08. The standard InChI is InChI=1S/C33H40ClN2O4S/c1-4-7-22(3)19-41(39)35-32(38)24-10-14-31-29(17-24)36(18-25-9-12-27(25)30(37)5-2)20-33(21-40-31)15-6-8-23-16-26(34)11-13-28(23)33/h4-5,10-11,13-14,16-17,22,25,27,30,37H,1-2,6-9,12,15,18-21H2,3H3/q-1. The van der Waals surface area contributed by atoms with Gasteiger partial charge in [-0.25, -0.2) is 0 Å². The highest BCUT2D eigenvalue weighted by atomic mass is 35.5. The number of amides is 1. The number of aliphatic hydroxyl groups is 1. The van der Waals surface area contributed by atoms with Gasteiger partial charge in [0.2, 0.25) is 0 Å². The molecular formula is C33H40ClN2O4S-. The lowest BCUT2D eigenvalue weighted by Gasteiger charge is -2.45. The zero-order valence-corrected chi connectivity index (χ0v) is 25.3. The molecule has 2 aliphatic carbocycles. The van der Waals surface area contributed by atoms with E-state index in [0.29, 0.717) is 23.8 Å². The maximum absolute atomic E-state index is 13.1. The van der Waals surface area contributed by atoms with Crippen LogP contribution in [0.4, 0.5) is 5.69 Å². The molecule has 1 amide bonds. The number of benzene rings is 2. The summed E-state index contributed by atoms with van der Waals surface area (Å²) in [5, 5.41) is 11.3. The van der Waals surface area contributed by atoms with Crippen molar-refractivity contribution in [3.63, 3.8) is 0 Å². The maximum Gasteiger partial charge on any atom is 0.254 e. The monoisotopic (exact) mass is 595 g/mol. The van der Waals surface area contributed by atoms with Crippen LogP contribution in [0.3, 0.4) is 0 Å². The van der Waals surface area contributed by atoms with Crippen LogP contribution in [0.1, 0.15) is 60.5 Å². The number of hydrogen-bond donors (Lipinski definition) is 1. The Labute approximate surface area is 250 Å². The normalized spacial score (nSPS) is 25.6. The highest BCUT2D eigenvalue weighted by Gasteiger charge is 2.44. The van der Waals surface area contributed by atoms with Crippen LogP contribution in [-0.4, -0.2) is 42.6 Å². The molecule has 1 fully saturated rings. The van der Waals surface area contributed by atoms with Gasteiger partial charge in [0.15, 0.2) is 0 Å². The lowest BCUT2D eigenvalue weighted by Crippen LogP contribution is -2.49. The van der Waals surface area contributed by atoms with Crippen molar-refractivity contribution in [2.24, 2.45) is 22.1 Å². The minimum atomic E-state index is -1.61. The Kier molecular flexibility index (Phi) is 9.27. The van der Waals surface area contributed by atoms with Crippen LogP contribution < -0.4 is 9.64 Å². The Morgan fingerprint density at radius 2 is 2.12 bits per heavy atom. The van der Waals surface area contributed by atoms with Crippen LogP contribution in [0.15, 0.2) is 66.1 Å². The van der Waals surface area contributed by atoms with Gasteiger partial charge in [0.1, 0.15) is 5.75 Å². The largest absolute Gasteiger partial charge is 0.490 e. The Morgan fingerprint density at radius 1 is 1.29 bits per heavy atom. The van der Waals surface area contributed by atoms with Crippen LogP contribution >= 0.6 is 11.6 Å². The molecule has 1 aliphatic heterocycles. The second-order valence-corrected chi connectivity index (χ2v) is 13.6. The van der Waals surface area contributed by atoms with E-state index in [1.54, 1.807) is 18.2 Å². The van der Waals surface area contributed by atoms with Crippen molar-refractivity contribution in [3.05, 3.63) is 83.4 Å². The molecule has 220 valence electrons. The highest BCUT2D eigenvalue weighted by Crippen LogP contribution is 2.46. The van der Waals surface area contributed by atoms with E-state index in [4.69, 9.17) is 16.3 Å². The van der Waals surface area contributed by atoms with Gasteiger partial charge < -0.3 is 23.3 Å². The predicted octanol–water partition coefficient (Wildman–Crippen LogP) is 6.89. The van der Waals surface area contributed by atoms with Crippen molar-refractivity contribution < 1.29 is 18.8 Å². The van der Waals surface area contributed by atoms with Gasteiger partial charge in [-0.3, -0.25) is 4.79 Å². The van der Waals surface area contributed by atoms with Gasteiger partial charge in [-0.05, 0) is 91.8 Å². The van der Waals surface area contributed by atoms with E-state index in [0.717, 1.165) is 68.1 Å². The fourth-order valence-electron chi connectivity index (χ4n) is 6.75. The summed E-state index contributed by atoms with van der Waals surface area (Å²) in [6, 6.07) is 11.6. The Balaban J connectivity index is 1.49. The van der Waals surface area contributed by atoms with Gasteiger partial charge >= 0.3 is 0 Å². The van der Waals surface area contributed by atoms with Gasteiger partial charge in [-0.15, -0.1) is 13.2 Å². The van der Waals surface area contributed by atoms with Crippen molar-refractivity contribution in [3.8, 4) is 5.75 Å². The first-order valence-electron chi connectivity index (χ1n) is 14.6. The molecule has 2 aromatic rings. The van der Waals surface area contributed by atoms with Crippen LogP contribution in [0, 0.1) is 17.8 Å². The van der Waals surface area contributed by atoms with E-state index in [9.17, 15) is 14.1 Å². The fourth-order valence-corrected chi connectivity index (χ4v) is 7.94. The number of aliphatic hydroxyl groups excluding tert-OH is 1. The van der Waals surface area contributed by atoms with Crippen LogP contribution in [0.5, 0.6) is 5.75 Å². The number of carbonyl (C=O) groups is 1. The quantitative estimate of drug-likeness (QED) is 0.252. The average Bonchev–Trinajstić information content (AvgIpc) is 3.07. The highest BCUT2D eigenvalue weighted by molar-refractivity contribution is 7.75. The van der Waals surface area contributed by atoms with E-state index in [2.05, 4.69) is 34.6 Å². The van der Waals surface area contributed by atoms with Crippen molar-refractivity contribution in [1.82, 2.24) is 0 Å². The Morgan fingerprint density at radius 3 is 2.85 bits per heavy atom. The van der Waals surface area contributed by atoms with Gasteiger partial charge in [-0.1, -0.05) is 48.4 Å². The van der Waals surface area contributed by atoms with Crippen molar-refractivity contribution in [2.75, 3.05) is 30.3 Å². The summed E-state index contributed by atoms with van der Waals surface area (Å²) >= 11 is 6.38. The zero-order chi connectivity index (χ0) is 29.1. The van der Waals surface area contributed by atoms with Crippen molar-refractivity contribution in [2.45, 2.75) is 57.0 Å². The summed E-state index contributed by atoms with van der Waals surface area (Å²) in [6.45, 7) is 11.5. The SMILES string of the molecule is C=CCC(C)C[S-](=O)=NC(=O)c1ccc2c(c1)N(CC1CCC1C(O)C=C)CC1(CCCc3cc(Cl)ccc31)CO2. The zero-order valence-electron chi connectivity index (χ0n) is 23.8. The first kappa shape index (κ1) is 29.9. The third kappa shape index (κ3) is 6.42. The topological polar surface area (TPSA) is 79.2 Å². The minimum absolute atomic E-state index is 0.131. The number of halogens is 1. The van der Waals surface area contributed by atoms with Gasteiger partial charge in [0.25, 0.3) is 5.91 Å². The van der Waals surface area contributed by atoms with Gasteiger partial charge in [-0.2, -0.15) is 10.6 Å². The second kappa shape index (κ2) is 12.7. The number of aryl methyl sites for hydroxylation is 1. The van der Waals surface area contributed by atoms with Gasteiger partial charge in [0, 0.05) is 29.1 Å². The molecule has 5 rings (SSSR count). The molecule has 41 heavy (non-hydrogen) atoms. The summed E-state index contributed by atoms with van der Waals surface area (Å²) in [6.07, 6.45) is 8.62. The van der Waals surface area contributed by atoms with Crippen molar-refractivity contribution >= 4 is 33.8 Å². The molecule has 0 bridgehead atoms. The first-order chi connectivity index (χ1) is 19.7. The number of fused-ring (bicyclic) bond motifs is 3. The Hall–Kier alpha value is -2.61. The van der Waals surface area contributed by atoms with Gasteiger partial charge in [0.05, 0.1) is 18.4 Å². The van der Waals surface area contributed by atoms with E-state index < -0.39 is 22.6 Å². The molecule has 0 radical (unpaired) electrons. The number of allylic oxidation sites excluding steroid dienone is 1. The molecule has 3 aliphatic rings. The molecule has 1 saturated carbocycles. The molecular weight excluding hydrogens is 556 g/mol. The second-order valence-electron chi connectivity index (χ2n) is 12.0. The van der Waals surface area contributed by atoms with E-state index >= 15 is 0 Å². The summed E-state index contributed by atoms with van der Waals surface area (Å²) < 4.78 is 23.1. The lowest BCUT2D eigenvalue weighted by atomic mass is 9.68. The first-order valence-corrected chi connectivity index (χ1v) is 16.2. The van der Waals surface area contributed by atoms with Crippen LogP contribution in [0.25, 0.3) is 0 Å². The summed E-state index contributed by atoms with van der Waals surface area (Å²) in [4.78, 5) is 15.5. The molecule has 1 heterocycles. The number of hydrogen-bond acceptors (Lipinski definition) is 6. The van der Waals surface area contributed by atoms with Crippen molar-refractivity contribution in [1.29, 1.82) is 0 Å². The molecule has 2 aromatic carbocycles.